The molecule has 1 aromatic rings. The van der Waals surface area contributed by atoms with Gasteiger partial charge in [-0.1, -0.05) is 6.07 Å². The lowest BCUT2D eigenvalue weighted by atomic mass is 10.0. The Labute approximate surface area is 116 Å². The fourth-order valence-corrected chi connectivity index (χ4v) is 1.78. The number of carbonyl (C=O) groups excluding carboxylic acids is 2. The highest BCUT2D eigenvalue weighted by Crippen LogP contribution is 2.12. The van der Waals surface area contributed by atoms with Gasteiger partial charge in [0.2, 0.25) is 0 Å². The third-order valence-electron chi connectivity index (χ3n) is 2.39. The molecule has 0 heterocycles. The van der Waals surface area contributed by atoms with Crippen molar-refractivity contribution in [2.24, 2.45) is 0 Å². The van der Waals surface area contributed by atoms with Crippen molar-refractivity contribution >= 4 is 23.4 Å². The third kappa shape index (κ3) is 5.11. The van der Waals surface area contributed by atoms with E-state index in [0.29, 0.717) is 23.3 Å². The molecule has 0 saturated heterocycles. The molecule has 4 nitrogen and oxygen atoms in total. The van der Waals surface area contributed by atoms with Gasteiger partial charge < -0.3 is 4.74 Å². The van der Waals surface area contributed by atoms with Crippen LogP contribution in [0.1, 0.15) is 23.6 Å². The lowest BCUT2D eigenvalue weighted by Gasteiger charge is -2.06. The highest BCUT2D eigenvalue weighted by molar-refractivity contribution is 6.27. The molecular weight excluding hydrogens is 266 g/mol. The van der Waals surface area contributed by atoms with E-state index in [9.17, 15) is 9.59 Å². The molecule has 1 aromatic carbocycles. The van der Waals surface area contributed by atoms with Gasteiger partial charge >= 0.3 is 5.97 Å². The van der Waals surface area contributed by atoms with E-state index < -0.39 is 0 Å². The summed E-state index contributed by atoms with van der Waals surface area (Å²) in [6.07, 6.45) is 0.250. The number of hydrogen-bond acceptors (Lipinski definition) is 4. The van der Waals surface area contributed by atoms with E-state index in [0.717, 1.165) is 0 Å². The van der Waals surface area contributed by atoms with E-state index in [1.807, 2.05) is 6.07 Å². The molecule has 0 bridgehead atoms. The number of benzene rings is 1. The topological polar surface area (TPSA) is 67.2 Å². The first-order valence-electron chi connectivity index (χ1n) is 5.85. The summed E-state index contributed by atoms with van der Waals surface area (Å²) in [5.74, 6) is -0.546. The van der Waals surface area contributed by atoms with Gasteiger partial charge in [-0.25, -0.2) is 0 Å². The van der Waals surface area contributed by atoms with Crippen molar-refractivity contribution < 1.29 is 14.3 Å². The zero-order valence-electron chi connectivity index (χ0n) is 10.6. The number of esters is 1. The van der Waals surface area contributed by atoms with Crippen molar-refractivity contribution in [1.82, 2.24) is 0 Å². The van der Waals surface area contributed by atoms with Crippen LogP contribution in [-0.4, -0.2) is 24.2 Å². The van der Waals surface area contributed by atoms with E-state index >= 15 is 0 Å². The summed E-state index contributed by atoms with van der Waals surface area (Å²) in [4.78, 5) is 22.7. The molecular formula is C14H14ClNO3. The highest BCUT2D eigenvalue weighted by atomic mass is 35.5. The molecule has 0 aliphatic carbocycles. The van der Waals surface area contributed by atoms with Crippen LogP contribution < -0.4 is 0 Å². The molecule has 0 N–H and O–H groups in total. The number of alkyl halides is 1. The molecule has 0 radical (unpaired) electrons. The van der Waals surface area contributed by atoms with Crippen molar-refractivity contribution in [2.75, 3.05) is 12.5 Å². The number of ether oxygens (including phenoxy) is 1. The maximum absolute atomic E-state index is 11.4. The van der Waals surface area contributed by atoms with Gasteiger partial charge in [-0.2, -0.15) is 5.26 Å². The molecule has 100 valence electrons. The number of nitrogens with zero attached hydrogens (tertiary/aromatic N) is 1. The molecule has 0 amide bonds. The van der Waals surface area contributed by atoms with Crippen molar-refractivity contribution in [3.63, 3.8) is 0 Å². The average Bonchev–Trinajstić information content (AvgIpc) is 2.38. The zero-order chi connectivity index (χ0) is 14.3. The molecule has 5 heteroatoms. The lowest BCUT2D eigenvalue weighted by Crippen LogP contribution is -2.09. The van der Waals surface area contributed by atoms with Crippen molar-refractivity contribution in [3.05, 3.63) is 34.9 Å². The Kier molecular flexibility index (Phi) is 6.04. The quantitative estimate of drug-likeness (QED) is 0.590. The molecule has 1 rings (SSSR count). The van der Waals surface area contributed by atoms with E-state index in [-0.39, 0.29) is 30.5 Å². The summed E-state index contributed by atoms with van der Waals surface area (Å²) >= 11 is 5.45. The number of carbonyl (C=O) groups is 2. The molecule has 0 saturated carbocycles. The first-order chi connectivity index (χ1) is 9.08. The van der Waals surface area contributed by atoms with Crippen LogP contribution in [0.4, 0.5) is 0 Å². The van der Waals surface area contributed by atoms with Crippen molar-refractivity contribution in [2.45, 2.75) is 19.8 Å². The Morgan fingerprint density at radius 2 is 1.89 bits per heavy atom. The molecule has 0 atom stereocenters. The fraction of sp³-hybridized carbons (Fsp3) is 0.357. The predicted octanol–water partition coefficient (Wildman–Crippen LogP) is 2.01. The zero-order valence-corrected chi connectivity index (χ0v) is 11.4. The monoisotopic (exact) mass is 279 g/mol. The van der Waals surface area contributed by atoms with Gasteiger partial charge in [0.1, 0.15) is 0 Å². The van der Waals surface area contributed by atoms with Crippen LogP contribution in [0, 0.1) is 11.3 Å². The Balaban J connectivity index is 2.92. The molecule has 0 aliphatic heterocycles. The smallest absolute Gasteiger partial charge is 0.310 e. The van der Waals surface area contributed by atoms with Gasteiger partial charge in [0, 0.05) is 6.42 Å². The number of halogens is 1. The number of hydrogen-bond donors (Lipinski definition) is 0. The maximum atomic E-state index is 11.4. The largest absolute Gasteiger partial charge is 0.466 e. The average molecular weight is 280 g/mol. The summed E-state index contributed by atoms with van der Waals surface area (Å²) in [6.45, 7) is 2.04. The van der Waals surface area contributed by atoms with Crippen LogP contribution in [0.3, 0.4) is 0 Å². The molecule has 0 aromatic heterocycles. The molecule has 0 unspecified atom stereocenters. The SMILES string of the molecule is CCOC(=O)Cc1cc(C#N)cc(CC(=O)CCl)c1. The normalized spacial score (nSPS) is 9.74. The van der Waals surface area contributed by atoms with Crippen LogP contribution in [0.25, 0.3) is 0 Å². The number of nitriles is 1. The number of ketones is 1. The number of Topliss-reactive ketones (excluding diaryl/α,β-unsaturated/α-hetero) is 1. The second-order valence-corrected chi connectivity index (χ2v) is 4.25. The Bertz CT molecular complexity index is 520. The van der Waals surface area contributed by atoms with E-state index in [1.54, 1.807) is 25.1 Å². The van der Waals surface area contributed by atoms with Gasteiger partial charge in [-0.05, 0) is 30.2 Å². The van der Waals surface area contributed by atoms with Crippen LogP contribution in [-0.2, 0) is 27.2 Å². The van der Waals surface area contributed by atoms with Crippen LogP contribution >= 0.6 is 11.6 Å². The van der Waals surface area contributed by atoms with Gasteiger partial charge in [0.05, 0.1) is 30.5 Å². The summed E-state index contributed by atoms with van der Waals surface area (Å²) < 4.78 is 4.85. The minimum atomic E-state index is -0.354. The summed E-state index contributed by atoms with van der Waals surface area (Å²) in [6, 6.07) is 6.97. The Hall–Kier alpha value is -1.86. The fourth-order valence-electron chi connectivity index (χ4n) is 1.68. The van der Waals surface area contributed by atoms with Gasteiger partial charge in [0.15, 0.2) is 5.78 Å². The van der Waals surface area contributed by atoms with E-state index in [1.165, 1.54) is 0 Å². The second-order valence-electron chi connectivity index (χ2n) is 3.98. The lowest BCUT2D eigenvalue weighted by molar-refractivity contribution is -0.142. The van der Waals surface area contributed by atoms with Crippen molar-refractivity contribution in [3.8, 4) is 6.07 Å². The molecule has 0 fully saturated rings. The summed E-state index contributed by atoms with van der Waals surface area (Å²) in [7, 11) is 0. The van der Waals surface area contributed by atoms with Crippen LogP contribution in [0.5, 0.6) is 0 Å². The van der Waals surface area contributed by atoms with Gasteiger partial charge in [0.25, 0.3) is 0 Å². The molecule has 0 spiro atoms. The first-order valence-corrected chi connectivity index (χ1v) is 6.38. The predicted molar refractivity (Wildman–Crippen MR) is 70.9 cm³/mol. The minimum absolute atomic E-state index is 0.0655. The summed E-state index contributed by atoms with van der Waals surface area (Å²) in [5, 5.41) is 8.94. The Morgan fingerprint density at radius 1 is 1.26 bits per heavy atom. The standard InChI is InChI=1S/C14H14ClNO3/c1-2-19-14(18)7-11-3-10(6-13(17)8-15)4-12(5-11)9-16/h3-5H,2,6-8H2,1H3. The maximum Gasteiger partial charge on any atom is 0.310 e. The van der Waals surface area contributed by atoms with Crippen LogP contribution in [0.2, 0.25) is 0 Å². The Morgan fingerprint density at radius 3 is 2.42 bits per heavy atom. The van der Waals surface area contributed by atoms with E-state index in [2.05, 4.69) is 0 Å². The van der Waals surface area contributed by atoms with E-state index in [4.69, 9.17) is 21.6 Å². The minimum Gasteiger partial charge on any atom is -0.466 e. The first kappa shape index (κ1) is 15.2. The van der Waals surface area contributed by atoms with Crippen molar-refractivity contribution in [1.29, 1.82) is 5.26 Å². The highest BCUT2D eigenvalue weighted by Gasteiger charge is 2.09. The van der Waals surface area contributed by atoms with Crippen LogP contribution in [0.15, 0.2) is 18.2 Å². The molecule has 0 aliphatic rings. The number of rotatable bonds is 6. The van der Waals surface area contributed by atoms with Gasteiger partial charge in [-0.15, -0.1) is 11.6 Å². The second kappa shape index (κ2) is 7.55. The third-order valence-corrected chi connectivity index (χ3v) is 2.68. The summed E-state index contributed by atoms with van der Waals surface area (Å²) in [5.41, 5.74) is 1.76. The molecule has 19 heavy (non-hydrogen) atoms. The van der Waals surface area contributed by atoms with Gasteiger partial charge in [-0.3, -0.25) is 9.59 Å².